The molecule has 9 nitrogen and oxygen atoms in total. The van der Waals surface area contributed by atoms with Crippen LogP contribution in [0.25, 0.3) is 0 Å². The fourth-order valence-corrected chi connectivity index (χ4v) is 6.34. The number of allylic oxidation sites excluding steroid dienone is 2. The van der Waals surface area contributed by atoms with E-state index in [1.165, 1.54) is 18.2 Å². The van der Waals surface area contributed by atoms with Crippen molar-refractivity contribution in [1.29, 1.82) is 0 Å². The second kappa shape index (κ2) is 9.72. The van der Waals surface area contributed by atoms with Crippen molar-refractivity contribution in [3.8, 4) is 0 Å². The Kier molecular flexibility index (Phi) is 6.84. The minimum atomic E-state index is -0.910. The average molecular weight is 495 g/mol. The Bertz CT molecular complexity index is 1170. The molecule has 3 aliphatic rings. The van der Waals surface area contributed by atoms with Gasteiger partial charge < -0.3 is 14.8 Å². The van der Waals surface area contributed by atoms with Crippen LogP contribution in [0.2, 0.25) is 0 Å². The lowest BCUT2D eigenvalue weighted by Crippen LogP contribution is -2.66. The van der Waals surface area contributed by atoms with Gasteiger partial charge in [-0.25, -0.2) is 9.59 Å². The number of rotatable bonds is 7. The zero-order chi connectivity index (χ0) is 26.1. The number of nitrogens with one attached hydrogen (secondary N) is 1. The van der Waals surface area contributed by atoms with Gasteiger partial charge >= 0.3 is 11.9 Å². The zero-order valence-electron chi connectivity index (χ0n) is 20.4. The molecule has 2 saturated carbocycles. The van der Waals surface area contributed by atoms with Gasteiger partial charge in [-0.1, -0.05) is 43.4 Å². The second-order valence-corrected chi connectivity index (χ2v) is 10.1. The van der Waals surface area contributed by atoms with Gasteiger partial charge in [-0.3, -0.25) is 14.9 Å². The predicted molar refractivity (Wildman–Crippen MR) is 131 cm³/mol. The quantitative estimate of drug-likeness (QED) is 0.199. The molecule has 0 bridgehead atoms. The number of hydrogen-bond acceptors (Lipinski definition) is 7. The van der Waals surface area contributed by atoms with E-state index in [0.29, 0.717) is 31.2 Å². The number of nitrogens with zero attached hydrogens (tertiary/aromatic N) is 1. The first kappa shape index (κ1) is 25.3. The molecule has 1 aliphatic heterocycles. The molecule has 36 heavy (non-hydrogen) atoms. The molecule has 0 spiro atoms. The number of carbonyl (C=O) groups excluding carboxylic acids is 3. The molecule has 4 rings (SSSR count). The fraction of sp³-hybridized carbons (Fsp3) is 0.444. The summed E-state index contributed by atoms with van der Waals surface area (Å²) in [5.74, 6) is -1.30. The van der Waals surface area contributed by atoms with Crippen molar-refractivity contribution < 1.29 is 28.8 Å². The normalized spacial score (nSPS) is 31.8. The lowest BCUT2D eigenvalue weighted by Gasteiger charge is -2.59. The molecule has 190 valence electrons. The number of amides is 1. The molecule has 0 saturated heterocycles. The summed E-state index contributed by atoms with van der Waals surface area (Å²) in [7, 11) is 0. The third kappa shape index (κ3) is 4.34. The molecule has 1 aromatic carbocycles. The lowest BCUT2D eigenvalue weighted by atomic mass is 9.48. The van der Waals surface area contributed by atoms with Crippen molar-refractivity contribution in [2.45, 2.75) is 51.2 Å². The van der Waals surface area contributed by atoms with E-state index in [1.54, 1.807) is 18.2 Å². The first-order valence-electron chi connectivity index (χ1n) is 12.0. The maximum atomic E-state index is 13.0. The van der Waals surface area contributed by atoms with E-state index < -0.39 is 22.5 Å². The lowest BCUT2D eigenvalue weighted by molar-refractivity contribution is -0.385. The highest BCUT2D eigenvalue weighted by atomic mass is 16.6. The van der Waals surface area contributed by atoms with Gasteiger partial charge in [0.05, 0.1) is 16.0 Å². The number of hydrogen-bond donors (Lipinski definition) is 1. The molecular weight excluding hydrogens is 464 g/mol. The molecule has 1 heterocycles. The van der Waals surface area contributed by atoms with Crippen molar-refractivity contribution in [2.75, 3.05) is 6.61 Å². The molecule has 2 fully saturated rings. The standard InChI is InChI=1S/C27H30N2O7/c1-17-8-11-22-26(2,20(17)10-9-18-13-15-35-24(18)31)14-12-23(27(22,3)28-16-30)36-25(32)19-6-4-5-7-21(19)29(33)34/h4-7,9-10,13,16,20,22-23H,1,8,11-12,14-15H2,2-3H3,(H,28,30)/b10-9+/t20-,22+,23-,26+,27+/m1/s1. The van der Waals surface area contributed by atoms with E-state index >= 15 is 0 Å². The number of nitro benzene ring substituents is 1. The van der Waals surface area contributed by atoms with Crippen molar-refractivity contribution in [2.24, 2.45) is 17.3 Å². The second-order valence-electron chi connectivity index (χ2n) is 10.1. The van der Waals surface area contributed by atoms with Crippen LogP contribution in [0.4, 0.5) is 5.69 Å². The fourth-order valence-electron chi connectivity index (χ4n) is 6.34. The number of carbonyl (C=O) groups is 3. The molecular formula is C27H30N2O7. The highest BCUT2D eigenvalue weighted by molar-refractivity contribution is 5.94. The Labute approximate surface area is 209 Å². The van der Waals surface area contributed by atoms with E-state index in [4.69, 9.17) is 9.47 Å². The number of para-hydroxylation sites is 1. The molecule has 0 aromatic heterocycles. The van der Waals surface area contributed by atoms with Crippen LogP contribution >= 0.6 is 0 Å². The zero-order valence-corrected chi connectivity index (χ0v) is 20.4. The molecule has 1 amide bonds. The molecule has 2 aliphatic carbocycles. The van der Waals surface area contributed by atoms with Gasteiger partial charge in [0.25, 0.3) is 5.69 Å². The van der Waals surface area contributed by atoms with Gasteiger partial charge in [0.2, 0.25) is 6.41 Å². The Morgan fingerprint density at radius 3 is 2.72 bits per heavy atom. The summed E-state index contributed by atoms with van der Waals surface area (Å²) in [4.78, 5) is 47.5. The summed E-state index contributed by atoms with van der Waals surface area (Å²) in [5, 5.41) is 14.4. The Balaban J connectivity index is 1.63. The average Bonchev–Trinajstić information content (AvgIpc) is 3.25. The van der Waals surface area contributed by atoms with E-state index in [1.807, 2.05) is 13.0 Å². The third-order valence-corrected chi connectivity index (χ3v) is 8.20. The maximum Gasteiger partial charge on any atom is 0.345 e. The third-order valence-electron chi connectivity index (χ3n) is 8.20. The van der Waals surface area contributed by atoms with Gasteiger partial charge in [-0.2, -0.15) is 0 Å². The van der Waals surface area contributed by atoms with Gasteiger partial charge in [0, 0.05) is 12.0 Å². The number of fused-ring (bicyclic) bond motifs is 1. The largest absolute Gasteiger partial charge is 0.458 e. The number of ether oxygens (including phenoxy) is 2. The van der Waals surface area contributed by atoms with Crippen LogP contribution in [0.15, 0.2) is 60.2 Å². The topological polar surface area (TPSA) is 125 Å². The predicted octanol–water partition coefficient (Wildman–Crippen LogP) is 4.05. The number of benzene rings is 1. The van der Waals surface area contributed by atoms with E-state index in [9.17, 15) is 24.5 Å². The van der Waals surface area contributed by atoms with Gasteiger partial charge in [0.15, 0.2) is 0 Å². The number of cyclic esters (lactones) is 1. The monoisotopic (exact) mass is 494 g/mol. The van der Waals surface area contributed by atoms with Crippen LogP contribution in [0.5, 0.6) is 0 Å². The van der Waals surface area contributed by atoms with Crippen molar-refractivity contribution in [3.05, 3.63) is 75.9 Å². The number of esters is 2. The summed E-state index contributed by atoms with van der Waals surface area (Å²) in [6.45, 7) is 8.57. The Hall–Kier alpha value is -3.75. The molecule has 0 unspecified atom stereocenters. The first-order valence-corrected chi connectivity index (χ1v) is 12.0. The van der Waals surface area contributed by atoms with Crippen LogP contribution in [0, 0.1) is 27.4 Å². The Morgan fingerprint density at radius 1 is 1.31 bits per heavy atom. The van der Waals surface area contributed by atoms with Crippen LogP contribution in [-0.4, -0.2) is 41.5 Å². The summed E-state index contributed by atoms with van der Waals surface area (Å²) < 4.78 is 10.9. The molecule has 1 aromatic rings. The van der Waals surface area contributed by atoms with Crippen molar-refractivity contribution in [1.82, 2.24) is 5.32 Å². The molecule has 1 N–H and O–H groups in total. The van der Waals surface area contributed by atoms with Crippen molar-refractivity contribution in [3.63, 3.8) is 0 Å². The molecule has 5 atom stereocenters. The van der Waals surface area contributed by atoms with Crippen LogP contribution in [-0.2, 0) is 19.1 Å². The smallest absolute Gasteiger partial charge is 0.345 e. The van der Waals surface area contributed by atoms with Crippen LogP contribution in [0.1, 0.15) is 49.9 Å². The van der Waals surface area contributed by atoms with Crippen LogP contribution < -0.4 is 5.32 Å². The maximum absolute atomic E-state index is 13.0. The van der Waals surface area contributed by atoms with Gasteiger partial charge in [-0.15, -0.1) is 0 Å². The van der Waals surface area contributed by atoms with E-state index in [-0.39, 0.29) is 41.1 Å². The first-order chi connectivity index (χ1) is 17.1. The van der Waals surface area contributed by atoms with Crippen LogP contribution in [0.3, 0.4) is 0 Å². The van der Waals surface area contributed by atoms with Crippen molar-refractivity contribution >= 4 is 24.0 Å². The van der Waals surface area contributed by atoms with Gasteiger partial charge in [-0.05, 0) is 56.1 Å². The summed E-state index contributed by atoms with van der Waals surface area (Å²) in [5.41, 5.74) is -0.144. The Morgan fingerprint density at radius 2 is 2.06 bits per heavy atom. The SMILES string of the molecule is C=C1CC[C@H]2[C@@](C)(CC[C@@H](OC(=O)c3ccccc3[N+](=O)[O-])[C@@]2(C)NC=O)[C@@H]1/C=C/C1=CCOC1=O. The summed E-state index contributed by atoms with van der Waals surface area (Å²) in [6.07, 6.45) is 7.99. The minimum Gasteiger partial charge on any atom is -0.458 e. The highest BCUT2D eigenvalue weighted by Crippen LogP contribution is 2.59. The van der Waals surface area contributed by atoms with E-state index in [2.05, 4.69) is 18.8 Å². The number of nitro groups is 1. The van der Waals surface area contributed by atoms with E-state index in [0.717, 1.165) is 12.0 Å². The summed E-state index contributed by atoms with van der Waals surface area (Å²) in [6, 6.07) is 5.66. The molecule has 0 radical (unpaired) electrons. The van der Waals surface area contributed by atoms with Gasteiger partial charge in [0.1, 0.15) is 18.3 Å². The highest BCUT2D eigenvalue weighted by Gasteiger charge is 2.59. The molecule has 9 heteroatoms. The summed E-state index contributed by atoms with van der Waals surface area (Å²) >= 11 is 0. The minimum absolute atomic E-state index is 0.0646.